The summed E-state index contributed by atoms with van der Waals surface area (Å²) in [6.07, 6.45) is 7.80. The lowest BCUT2D eigenvalue weighted by atomic mass is 9.86. The zero-order valence-corrected chi connectivity index (χ0v) is 21.9. The molecule has 0 unspecified atom stereocenters. The van der Waals surface area contributed by atoms with Crippen molar-refractivity contribution in [3.63, 3.8) is 0 Å². The molecule has 35 heavy (non-hydrogen) atoms. The number of ether oxygens (including phenoxy) is 2. The van der Waals surface area contributed by atoms with Crippen LogP contribution >= 0.6 is 0 Å². The largest absolute Gasteiger partial charge is 0.384 e. The molecule has 0 aliphatic carbocycles. The number of fused-ring (bicyclic) bond motifs is 1. The van der Waals surface area contributed by atoms with Gasteiger partial charge < -0.3 is 18.9 Å². The zero-order chi connectivity index (χ0) is 25.1. The van der Waals surface area contributed by atoms with Gasteiger partial charge in [0, 0.05) is 58.2 Å². The molecule has 0 saturated carbocycles. The van der Waals surface area contributed by atoms with E-state index in [9.17, 15) is 10.1 Å². The highest BCUT2D eigenvalue weighted by molar-refractivity contribution is 6.76. The third-order valence-electron chi connectivity index (χ3n) is 6.38. The molecule has 4 rings (SSSR count). The molecule has 1 saturated heterocycles. The molecule has 1 amide bonds. The fraction of sp³-hybridized carbons (Fsp3) is 0.542. The predicted molar refractivity (Wildman–Crippen MR) is 134 cm³/mol. The van der Waals surface area contributed by atoms with E-state index >= 15 is 0 Å². The molecule has 0 spiro atoms. The van der Waals surface area contributed by atoms with Crippen molar-refractivity contribution in [2.75, 3.05) is 33.4 Å². The molecular weight excluding hydrogens is 462 g/mol. The van der Waals surface area contributed by atoms with Crippen molar-refractivity contribution in [1.82, 2.24) is 29.2 Å². The lowest BCUT2D eigenvalue weighted by molar-refractivity contribution is -0.143. The number of methoxy groups -OCH3 is 1. The monoisotopic (exact) mass is 495 g/mol. The van der Waals surface area contributed by atoms with Crippen molar-refractivity contribution in [3.05, 3.63) is 31.0 Å². The van der Waals surface area contributed by atoms with Crippen LogP contribution in [0.25, 0.3) is 22.3 Å². The average molecular weight is 496 g/mol. The molecule has 11 heteroatoms. The van der Waals surface area contributed by atoms with Crippen LogP contribution < -0.4 is 0 Å². The van der Waals surface area contributed by atoms with E-state index in [2.05, 4.69) is 40.8 Å². The first-order chi connectivity index (χ1) is 16.8. The Morgan fingerprint density at radius 3 is 2.77 bits per heavy atom. The van der Waals surface area contributed by atoms with Crippen LogP contribution in [0.3, 0.4) is 0 Å². The molecule has 186 valence electrons. The van der Waals surface area contributed by atoms with Gasteiger partial charge in [0.25, 0.3) is 0 Å². The van der Waals surface area contributed by atoms with E-state index in [4.69, 9.17) is 9.47 Å². The van der Waals surface area contributed by atoms with Crippen molar-refractivity contribution in [3.8, 4) is 17.3 Å². The van der Waals surface area contributed by atoms with Crippen LogP contribution in [0, 0.1) is 11.3 Å². The molecule has 3 aromatic heterocycles. The van der Waals surface area contributed by atoms with Gasteiger partial charge in [-0.3, -0.25) is 9.48 Å². The molecular formula is C24H33N7O3Si. The maximum atomic E-state index is 12.3. The van der Waals surface area contributed by atoms with Crippen molar-refractivity contribution in [2.24, 2.45) is 0 Å². The van der Waals surface area contributed by atoms with Crippen LogP contribution in [0.2, 0.25) is 25.7 Å². The molecule has 1 aliphatic rings. The van der Waals surface area contributed by atoms with Crippen LogP contribution in [0.15, 0.2) is 31.0 Å². The number of hydrogen-bond acceptors (Lipinski definition) is 7. The SMILES string of the molecule is COCCC(=O)N1CC(CC#N)(n2cc(-c3ncnc4c3ccn4COCC[Si](C)(C)C)cn2)C1. The number of rotatable bonds is 11. The first-order valence-corrected chi connectivity index (χ1v) is 15.5. The minimum atomic E-state index is -1.14. The first kappa shape index (κ1) is 25.0. The second kappa shape index (κ2) is 10.3. The minimum Gasteiger partial charge on any atom is -0.384 e. The zero-order valence-electron chi connectivity index (χ0n) is 20.9. The van der Waals surface area contributed by atoms with Crippen molar-refractivity contribution < 1.29 is 14.3 Å². The predicted octanol–water partition coefficient (Wildman–Crippen LogP) is 3.09. The number of nitrogens with zero attached hydrogens (tertiary/aromatic N) is 7. The highest BCUT2D eigenvalue weighted by atomic mass is 28.3. The number of hydrogen-bond donors (Lipinski definition) is 0. The summed E-state index contributed by atoms with van der Waals surface area (Å²) in [5.74, 6) is 0.0266. The standard InChI is InChI=1S/C24H33N7O3Si/c1-33-10-6-21(32)30-15-24(16-30,7-8-25)31-14-19(13-28-31)22-20-5-9-29(23(20)27-17-26-22)18-34-11-12-35(2,3)4/h5,9,13-14,17H,6-7,10-12,15-16,18H2,1-4H3. The van der Waals surface area contributed by atoms with Crippen LogP contribution in [-0.4, -0.2) is 76.6 Å². The number of carbonyl (C=O) groups is 1. The summed E-state index contributed by atoms with van der Waals surface area (Å²) in [4.78, 5) is 23.1. The molecule has 0 N–H and O–H groups in total. The Labute approximate surface area is 206 Å². The second-order valence-corrected chi connectivity index (χ2v) is 15.9. The Morgan fingerprint density at radius 2 is 2.06 bits per heavy atom. The Balaban J connectivity index is 1.50. The number of carbonyl (C=O) groups excluding carboxylic acids is 1. The van der Waals surface area contributed by atoms with Gasteiger partial charge in [-0.05, 0) is 12.1 Å². The van der Waals surface area contributed by atoms with Crippen LogP contribution in [-0.2, 0) is 26.5 Å². The minimum absolute atomic E-state index is 0.0266. The smallest absolute Gasteiger partial charge is 0.225 e. The molecule has 4 heterocycles. The first-order valence-electron chi connectivity index (χ1n) is 11.8. The summed E-state index contributed by atoms with van der Waals surface area (Å²) in [6.45, 7) is 9.49. The third kappa shape index (κ3) is 5.45. The number of aromatic nitrogens is 5. The van der Waals surface area contributed by atoms with Crippen molar-refractivity contribution in [2.45, 2.75) is 50.8 Å². The average Bonchev–Trinajstić information content (AvgIpc) is 3.44. The topological polar surface area (TPSA) is 111 Å². The second-order valence-electron chi connectivity index (χ2n) is 10.3. The van der Waals surface area contributed by atoms with E-state index in [1.54, 1.807) is 24.5 Å². The van der Waals surface area contributed by atoms with E-state index in [0.717, 1.165) is 34.9 Å². The molecule has 3 aromatic rings. The quantitative estimate of drug-likeness (QED) is 0.297. The van der Waals surface area contributed by atoms with Gasteiger partial charge in [0.1, 0.15) is 24.2 Å². The van der Waals surface area contributed by atoms with E-state index in [1.807, 2.05) is 27.7 Å². The summed E-state index contributed by atoms with van der Waals surface area (Å²) in [7, 11) is 0.441. The van der Waals surface area contributed by atoms with Crippen molar-refractivity contribution >= 4 is 25.0 Å². The molecule has 1 aliphatic heterocycles. The summed E-state index contributed by atoms with van der Waals surface area (Å²) in [5.41, 5.74) is 1.90. The normalized spacial score (nSPS) is 15.2. The fourth-order valence-corrected chi connectivity index (χ4v) is 5.01. The third-order valence-corrected chi connectivity index (χ3v) is 8.08. The fourth-order valence-electron chi connectivity index (χ4n) is 4.26. The van der Waals surface area contributed by atoms with E-state index in [-0.39, 0.29) is 12.3 Å². The van der Waals surface area contributed by atoms with Gasteiger partial charge >= 0.3 is 0 Å². The van der Waals surface area contributed by atoms with E-state index < -0.39 is 13.6 Å². The van der Waals surface area contributed by atoms with Gasteiger partial charge in [0.15, 0.2) is 0 Å². The van der Waals surface area contributed by atoms with Gasteiger partial charge in [-0.15, -0.1) is 0 Å². The highest BCUT2D eigenvalue weighted by Crippen LogP contribution is 2.34. The van der Waals surface area contributed by atoms with Gasteiger partial charge in [0.2, 0.25) is 5.91 Å². The van der Waals surface area contributed by atoms with Crippen LogP contribution in [0.1, 0.15) is 12.8 Å². The molecule has 0 atom stereocenters. The Morgan fingerprint density at radius 1 is 1.26 bits per heavy atom. The molecule has 10 nitrogen and oxygen atoms in total. The molecule has 0 bridgehead atoms. The maximum Gasteiger partial charge on any atom is 0.225 e. The lowest BCUT2D eigenvalue weighted by Gasteiger charge is -2.49. The summed E-state index contributed by atoms with van der Waals surface area (Å²) in [5, 5.41) is 14.9. The van der Waals surface area contributed by atoms with Gasteiger partial charge in [-0.1, -0.05) is 19.6 Å². The van der Waals surface area contributed by atoms with Crippen LogP contribution in [0.5, 0.6) is 0 Å². The van der Waals surface area contributed by atoms with E-state index in [1.165, 1.54) is 0 Å². The number of nitriles is 1. The van der Waals surface area contributed by atoms with Crippen LogP contribution in [0.4, 0.5) is 0 Å². The Hall–Kier alpha value is -3.07. The molecule has 0 aromatic carbocycles. The van der Waals surface area contributed by atoms with Crippen molar-refractivity contribution in [1.29, 1.82) is 5.26 Å². The van der Waals surface area contributed by atoms with E-state index in [0.29, 0.717) is 32.8 Å². The van der Waals surface area contributed by atoms with Gasteiger partial charge in [-0.2, -0.15) is 10.4 Å². The van der Waals surface area contributed by atoms with Gasteiger partial charge in [-0.25, -0.2) is 9.97 Å². The maximum absolute atomic E-state index is 12.3. The lowest BCUT2D eigenvalue weighted by Crippen LogP contribution is -2.64. The van der Waals surface area contributed by atoms with Gasteiger partial charge in [0.05, 0.1) is 37.4 Å². The number of likely N-dealkylation sites (tertiary alicyclic amines) is 1. The number of amides is 1. The molecule has 0 radical (unpaired) electrons. The molecule has 1 fully saturated rings. The highest BCUT2D eigenvalue weighted by Gasteiger charge is 2.47. The summed E-state index contributed by atoms with van der Waals surface area (Å²) in [6, 6.07) is 5.37. The Kier molecular flexibility index (Phi) is 7.35. The Bertz CT molecular complexity index is 1220. The summed E-state index contributed by atoms with van der Waals surface area (Å²) >= 11 is 0. The summed E-state index contributed by atoms with van der Waals surface area (Å²) < 4.78 is 14.7.